The monoisotopic (exact) mass is 778 g/mol. The van der Waals surface area contributed by atoms with Gasteiger partial charge in [-0.2, -0.15) is 23.5 Å². The molecule has 0 bridgehead atoms. The number of benzene rings is 3. The first-order chi connectivity index (χ1) is 25.8. The fourth-order valence-corrected chi connectivity index (χ4v) is 6.48. The molecule has 1 atom stereocenters. The number of nitriles is 1. The molecule has 2 aromatic heterocycles. The number of hydrogen-bond donors (Lipinski definition) is 1. The highest BCUT2D eigenvalue weighted by atomic mass is 32.2. The van der Waals surface area contributed by atoms with E-state index < -0.39 is 39.4 Å². The Kier molecular flexibility index (Phi) is 11.5. The number of piperazine rings is 1. The van der Waals surface area contributed by atoms with Crippen molar-refractivity contribution in [3.8, 4) is 28.8 Å². The third-order valence-corrected chi connectivity index (χ3v) is 9.90. The molecule has 6 rings (SSSR count). The Morgan fingerprint density at radius 1 is 0.964 bits per heavy atom. The van der Waals surface area contributed by atoms with Crippen molar-refractivity contribution in [1.29, 1.82) is 5.26 Å². The Balaban J connectivity index is 0.000000504. The standard InChI is InChI=1S/C31H31F3N8O3.C6H6O3S/c1-20(29(44)39-14-16-42(3,4)17-15-39)37-28(43)26-27(25-12-13-36-40(25)23-10-8-21(19-35)9-11-23)38(2)41(30(26)45)24-7-5-6-22(18-24)31(32,33)34;7-10(8,9)6-4-2-1-3-5-6/h5-13,18,20H,14-17H2,1-4H3;1-5H,(H,7,8,9)/t20-;/m0./s1. The second kappa shape index (κ2) is 15.8. The highest BCUT2D eigenvalue weighted by Gasteiger charge is 2.34. The van der Waals surface area contributed by atoms with Gasteiger partial charge in [0.05, 0.1) is 85.6 Å². The smallest absolute Gasteiger partial charge is 0.416 e. The summed E-state index contributed by atoms with van der Waals surface area (Å²) in [4.78, 5) is 42.6. The molecule has 18 heteroatoms. The van der Waals surface area contributed by atoms with Gasteiger partial charge in [0.15, 0.2) is 0 Å². The number of hydrogen-bond acceptors (Lipinski definition) is 8. The summed E-state index contributed by atoms with van der Waals surface area (Å²) in [5.74, 6) is -1.17. The molecule has 0 saturated carbocycles. The molecule has 0 spiro atoms. The highest BCUT2D eigenvalue weighted by Crippen LogP contribution is 2.31. The molecule has 1 fully saturated rings. The van der Waals surface area contributed by atoms with Crippen molar-refractivity contribution >= 4 is 21.9 Å². The second-order valence-corrected chi connectivity index (χ2v) is 14.7. The van der Waals surface area contributed by atoms with Crippen LogP contribution < -0.4 is 10.9 Å². The van der Waals surface area contributed by atoms with Gasteiger partial charge in [-0.3, -0.25) is 19.1 Å². The van der Waals surface area contributed by atoms with E-state index >= 15 is 0 Å². The molecule has 2 amide bonds. The molecule has 0 aliphatic carbocycles. The topological polar surface area (TPSA) is 175 Å². The zero-order valence-corrected chi connectivity index (χ0v) is 31.0. The van der Waals surface area contributed by atoms with Gasteiger partial charge in [0.1, 0.15) is 27.4 Å². The summed E-state index contributed by atoms with van der Waals surface area (Å²) < 4.78 is 76.1. The summed E-state index contributed by atoms with van der Waals surface area (Å²) in [5.41, 5.74) is -1.07. The third-order valence-electron chi connectivity index (χ3n) is 9.05. The van der Waals surface area contributed by atoms with Gasteiger partial charge in [-0.1, -0.05) is 24.3 Å². The quantitative estimate of drug-likeness (QED) is 0.193. The lowest BCUT2D eigenvalue weighted by molar-refractivity contribution is -0.894. The molecule has 55 heavy (non-hydrogen) atoms. The van der Waals surface area contributed by atoms with Gasteiger partial charge in [-0.15, -0.1) is 0 Å². The Hall–Kier alpha value is -6.03. The fourth-order valence-electron chi connectivity index (χ4n) is 5.99. The van der Waals surface area contributed by atoms with Crippen LogP contribution in [0.4, 0.5) is 13.2 Å². The van der Waals surface area contributed by atoms with Crippen molar-refractivity contribution in [3.63, 3.8) is 0 Å². The van der Waals surface area contributed by atoms with E-state index in [1.54, 1.807) is 41.3 Å². The molecular formula is C37H37F3N8O6S. The molecule has 0 radical (unpaired) electrons. The van der Waals surface area contributed by atoms with Gasteiger partial charge in [0.25, 0.3) is 11.5 Å². The van der Waals surface area contributed by atoms with Crippen molar-refractivity contribution in [2.75, 3.05) is 40.3 Å². The largest absolute Gasteiger partial charge is 0.744 e. The lowest BCUT2D eigenvalue weighted by atomic mass is 10.1. The summed E-state index contributed by atoms with van der Waals surface area (Å²) in [6.07, 6.45) is -3.22. The normalized spacial score (nSPS) is 14.6. The SMILES string of the molecule is C[C@H](NC(=O)c1c(-c2ccnn2-c2ccc(C#N)cc2)n(C)n(-c2cccc(C(F)(F)F)c2)c1=O)C(=O)N1CC[N+](C)(C)CC1.O=S(=O)([O-])c1ccccc1. The molecule has 3 aromatic carbocycles. The molecule has 288 valence electrons. The van der Waals surface area contributed by atoms with E-state index in [2.05, 4.69) is 24.5 Å². The molecular weight excluding hydrogens is 742 g/mol. The predicted octanol–water partition coefficient (Wildman–Crippen LogP) is 3.55. The lowest BCUT2D eigenvalue weighted by Gasteiger charge is -2.39. The van der Waals surface area contributed by atoms with Crippen molar-refractivity contribution in [2.24, 2.45) is 7.05 Å². The maximum Gasteiger partial charge on any atom is 0.416 e. The van der Waals surface area contributed by atoms with Gasteiger partial charge in [-0.25, -0.2) is 17.8 Å². The number of aromatic nitrogens is 4. The number of rotatable bonds is 7. The van der Waals surface area contributed by atoms with Crippen LogP contribution in [-0.2, 0) is 28.1 Å². The number of quaternary nitrogens is 1. The molecule has 1 saturated heterocycles. The minimum atomic E-state index is -4.67. The van der Waals surface area contributed by atoms with E-state index in [0.717, 1.165) is 34.4 Å². The molecule has 5 aromatic rings. The summed E-state index contributed by atoms with van der Waals surface area (Å²) >= 11 is 0. The van der Waals surface area contributed by atoms with E-state index in [9.17, 15) is 45.8 Å². The number of carbonyl (C=O) groups excluding carboxylic acids is 2. The van der Waals surface area contributed by atoms with E-state index in [1.807, 2.05) is 6.07 Å². The average Bonchev–Trinajstić information content (AvgIpc) is 3.72. The van der Waals surface area contributed by atoms with Gasteiger partial charge in [-0.05, 0) is 67.6 Å². The minimum absolute atomic E-state index is 0.0634. The molecule has 14 nitrogen and oxygen atoms in total. The van der Waals surface area contributed by atoms with E-state index in [0.29, 0.717) is 24.3 Å². The molecule has 0 unspecified atom stereocenters. The first-order valence-corrected chi connectivity index (χ1v) is 18.2. The minimum Gasteiger partial charge on any atom is -0.744 e. The van der Waals surface area contributed by atoms with Crippen molar-refractivity contribution in [1.82, 2.24) is 29.4 Å². The number of likely N-dealkylation sites (N-methyl/N-ethyl adjacent to an activating group) is 1. The number of alkyl halides is 3. The summed E-state index contributed by atoms with van der Waals surface area (Å²) in [6, 6.07) is 20.5. The van der Waals surface area contributed by atoms with Crippen molar-refractivity contribution in [2.45, 2.75) is 24.0 Å². The zero-order chi connectivity index (χ0) is 40.3. The molecule has 1 aliphatic heterocycles. The van der Waals surface area contributed by atoms with Crippen LogP contribution in [-0.4, -0.2) is 99.6 Å². The third kappa shape index (κ3) is 9.03. The second-order valence-electron chi connectivity index (χ2n) is 13.4. The molecule has 1 aliphatic rings. The van der Waals surface area contributed by atoms with Crippen LogP contribution in [0.3, 0.4) is 0 Å². The first kappa shape index (κ1) is 40.2. The highest BCUT2D eigenvalue weighted by molar-refractivity contribution is 7.85. The number of halogens is 3. The maximum atomic E-state index is 14.0. The number of carbonyl (C=O) groups is 2. The Labute approximate surface area is 314 Å². The van der Waals surface area contributed by atoms with E-state index in [4.69, 9.17) is 0 Å². The average molecular weight is 779 g/mol. The number of nitrogens with one attached hydrogen (secondary N) is 1. The van der Waals surface area contributed by atoms with Gasteiger partial charge in [0, 0.05) is 7.05 Å². The summed E-state index contributed by atoms with van der Waals surface area (Å²) in [6.45, 7) is 4.04. The number of amides is 2. The molecule has 1 N–H and O–H groups in total. The zero-order valence-electron chi connectivity index (χ0n) is 30.2. The Morgan fingerprint density at radius 3 is 2.16 bits per heavy atom. The van der Waals surface area contributed by atoms with E-state index in [-0.39, 0.29) is 33.4 Å². The fraction of sp³-hybridized carbons (Fsp3) is 0.270. The predicted molar refractivity (Wildman–Crippen MR) is 193 cm³/mol. The van der Waals surface area contributed by atoms with Crippen LogP contribution in [0, 0.1) is 11.3 Å². The summed E-state index contributed by atoms with van der Waals surface area (Å²) in [7, 11) is 1.34. The Bertz CT molecular complexity index is 2410. The van der Waals surface area contributed by atoms with Gasteiger partial charge >= 0.3 is 6.18 Å². The summed E-state index contributed by atoms with van der Waals surface area (Å²) in [5, 5.41) is 16.2. The molecule has 3 heterocycles. The van der Waals surface area contributed by atoms with Crippen LogP contribution in [0.5, 0.6) is 0 Å². The van der Waals surface area contributed by atoms with Crippen LogP contribution in [0.15, 0.2) is 101 Å². The van der Waals surface area contributed by atoms with Crippen LogP contribution in [0.25, 0.3) is 22.8 Å². The number of nitrogens with zero attached hydrogens (tertiary/aromatic N) is 7. The van der Waals surface area contributed by atoms with Crippen molar-refractivity contribution in [3.05, 3.63) is 118 Å². The Morgan fingerprint density at radius 2 is 1.60 bits per heavy atom. The maximum absolute atomic E-state index is 14.0. The van der Waals surface area contributed by atoms with Gasteiger partial charge in [0.2, 0.25) is 5.91 Å². The first-order valence-electron chi connectivity index (χ1n) is 16.8. The van der Waals surface area contributed by atoms with E-state index in [1.165, 1.54) is 65.9 Å². The lowest BCUT2D eigenvalue weighted by Crippen LogP contribution is -2.59. The van der Waals surface area contributed by atoms with Crippen LogP contribution >= 0.6 is 0 Å². The van der Waals surface area contributed by atoms with Crippen LogP contribution in [0.1, 0.15) is 28.4 Å². The van der Waals surface area contributed by atoms with Gasteiger partial charge < -0.3 is 19.3 Å². The van der Waals surface area contributed by atoms with Crippen molar-refractivity contribution < 1.29 is 40.2 Å². The van der Waals surface area contributed by atoms with Crippen LogP contribution in [0.2, 0.25) is 0 Å².